The maximum Gasteiger partial charge on any atom is 0.251 e. The molecular formula is C14H16N4O. The van der Waals surface area contributed by atoms with Gasteiger partial charge >= 0.3 is 0 Å². The molecule has 0 bridgehead atoms. The fourth-order valence-corrected chi connectivity index (χ4v) is 2.45. The van der Waals surface area contributed by atoms with Crippen LogP contribution < -0.4 is 5.32 Å². The minimum Gasteiger partial charge on any atom is -0.352 e. The van der Waals surface area contributed by atoms with E-state index in [1.807, 2.05) is 12.4 Å². The summed E-state index contributed by atoms with van der Waals surface area (Å²) >= 11 is 0. The molecule has 19 heavy (non-hydrogen) atoms. The first-order valence-electron chi connectivity index (χ1n) is 6.51. The molecule has 0 aliphatic carbocycles. The van der Waals surface area contributed by atoms with E-state index in [-0.39, 0.29) is 5.91 Å². The minimum atomic E-state index is -0.0289. The van der Waals surface area contributed by atoms with Crippen LogP contribution in [0.4, 0.5) is 0 Å². The lowest BCUT2D eigenvalue weighted by Crippen LogP contribution is -2.33. The molecule has 1 aliphatic rings. The van der Waals surface area contributed by atoms with Crippen molar-refractivity contribution in [2.75, 3.05) is 6.54 Å². The Balaban J connectivity index is 1.55. The first-order valence-corrected chi connectivity index (χ1v) is 6.51. The van der Waals surface area contributed by atoms with E-state index in [1.165, 1.54) is 0 Å². The van der Waals surface area contributed by atoms with E-state index >= 15 is 0 Å². The smallest absolute Gasteiger partial charge is 0.251 e. The molecule has 0 radical (unpaired) electrons. The average molecular weight is 256 g/mol. The van der Waals surface area contributed by atoms with Crippen molar-refractivity contribution in [3.63, 3.8) is 0 Å². The number of amides is 1. The van der Waals surface area contributed by atoms with Gasteiger partial charge < -0.3 is 9.88 Å². The minimum absolute atomic E-state index is 0.0289. The van der Waals surface area contributed by atoms with Crippen molar-refractivity contribution in [1.82, 2.24) is 19.9 Å². The summed E-state index contributed by atoms with van der Waals surface area (Å²) in [7, 11) is 0. The molecule has 5 heteroatoms. The fourth-order valence-electron chi connectivity index (χ4n) is 2.45. The van der Waals surface area contributed by atoms with Gasteiger partial charge in [0.1, 0.15) is 5.82 Å². The number of aryl methyl sites for hydroxylation is 1. The molecule has 0 saturated carbocycles. The van der Waals surface area contributed by atoms with Gasteiger partial charge in [0.25, 0.3) is 5.91 Å². The van der Waals surface area contributed by atoms with Crippen LogP contribution in [0.2, 0.25) is 0 Å². The number of pyridine rings is 1. The van der Waals surface area contributed by atoms with Gasteiger partial charge in [-0.1, -0.05) is 0 Å². The summed E-state index contributed by atoms with van der Waals surface area (Å²) in [5.41, 5.74) is 0.661. The Labute approximate surface area is 111 Å². The number of rotatable bonds is 3. The van der Waals surface area contributed by atoms with E-state index in [0.717, 1.165) is 25.2 Å². The van der Waals surface area contributed by atoms with Gasteiger partial charge in [0.2, 0.25) is 0 Å². The zero-order valence-corrected chi connectivity index (χ0v) is 10.6. The highest BCUT2D eigenvalue weighted by molar-refractivity contribution is 5.93. The number of hydrogen-bond donors (Lipinski definition) is 1. The van der Waals surface area contributed by atoms with Crippen LogP contribution in [0.15, 0.2) is 36.9 Å². The Hall–Kier alpha value is -2.17. The summed E-state index contributed by atoms with van der Waals surface area (Å²) in [6, 6.07) is 3.45. The summed E-state index contributed by atoms with van der Waals surface area (Å²) in [6.07, 6.45) is 9.18. The summed E-state index contributed by atoms with van der Waals surface area (Å²) in [4.78, 5) is 20.1. The average Bonchev–Trinajstić information content (AvgIpc) is 2.93. The Kier molecular flexibility index (Phi) is 3.27. The van der Waals surface area contributed by atoms with Gasteiger partial charge in [-0.15, -0.1) is 0 Å². The number of nitrogens with zero attached hydrogens (tertiary/aromatic N) is 3. The molecule has 98 valence electrons. The van der Waals surface area contributed by atoms with Crippen molar-refractivity contribution >= 4 is 5.91 Å². The normalized spacial score (nSPS) is 17.8. The third-order valence-corrected chi connectivity index (χ3v) is 3.53. The van der Waals surface area contributed by atoms with E-state index < -0.39 is 0 Å². The molecule has 1 aliphatic heterocycles. The zero-order valence-electron chi connectivity index (χ0n) is 10.6. The summed E-state index contributed by atoms with van der Waals surface area (Å²) in [6.45, 7) is 1.64. The Morgan fingerprint density at radius 3 is 3.05 bits per heavy atom. The second-order valence-corrected chi connectivity index (χ2v) is 4.85. The lowest BCUT2D eigenvalue weighted by Gasteiger charge is -2.23. The van der Waals surface area contributed by atoms with Crippen LogP contribution in [0.3, 0.4) is 0 Å². The van der Waals surface area contributed by atoms with Gasteiger partial charge in [0.05, 0.1) is 0 Å². The van der Waals surface area contributed by atoms with Crippen LogP contribution in [0.1, 0.15) is 22.6 Å². The van der Waals surface area contributed by atoms with Crippen molar-refractivity contribution < 1.29 is 4.79 Å². The summed E-state index contributed by atoms with van der Waals surface area (Å²) < 4.78 is 2.17. The maximum atomic E-state index is 11.9. The lowest BCUT2D eigenvalue weighted by atomic mass is 9.99. The van der Waals surface area contributed by atoms with Crippen molar-refractivity contribution in [3.05, 3.63) is 48.3 Å². The van der Waals surface area contributed by atoms with Crippen molar-refractivity contribution in [2.45, 2.75) is 19.4 Å². The number of nitrogens with one attached hydrogen (secondary N) is 1. The van der Waals surface area contributed by atoms with Crippen LogP contribution in [0.5, 0.6) is 0 Å². The van der Waals surface area contributed by atoms with E-state index in [9.17, 15) is 4.79 Å². The summed E-state index contributed by atoms with van der Waals surface area (Å²) in [5, 5.41) is 2.99. The van der Waals surface area contributed by atoms with Gasteiger partial charge in [0.15, 0.2) is 0 Å². The second-order valence-electron chi connectivity index (χ2n) is 4.85. The van der Waals surface area contributed by atoms with Crippen LogP contribution in [0.25, 0.3) is 0 Å². The van der Waals surface area contributed by atoms with Crippen molar-refractivity contribution in [3.8, 4) is 0 Å². The molecule has 5 nitrogen and oxygen atoms in total. The molecular weight excluding hydrogens is 240 g/mol. The number of carbonyl (C=O) groups excluding carboxylic acids is 1. The maximum absolute atomic E-state index is 11.9. The van der Waals surface area contributed by atoms with Crippen LogP contribution in [-0.4, -0.2) is 27.0 Å². The van der Waals surface area contributed by atoms with Gasteiger partial charge in [-0.05, 0) is 24.5 Å². The molecule has 2 aromatic rings. The largest absolute Gasteiger partial charge is 0.352 e. The van der Waals surface area contributed by atoms with E-state index in [1.54, 1.807) is 24.5 Å². The van der Waals surface area contributed by atoms with Crippen LogP contribution >= 0.6 is 0 Å². The molecule has 2 aromatic heterocycles. The molecule has 0 fully saturated rings. The molecule has 1 amide bonds. The highest BCUT2D eigenvalue weighted by atomic mass is 16.1. The molecule has 3 rings (SSSR count). The van der Waals surface area contributed by atoms with Gasteiger partial charge in [-0.2, -0.15) is 0 Å². The fraction of sp³-hybridized carbons (Fsp3) is 0.357. The van der Waals surface area contributed by atoms with Gasteiger partial charge in [0, 0.05) is 49.9 Å². The molecule has 1 unspecified atom stereocenters. The standard InChI is InChI=1S/C14H16N4O/c19-14(12-3-5-15-6-4-12)17-9-11-1-2-13-16-7-8-18(13)10-11/h3-8,11H,1-2,9-10H2,(H,17,19). The Morgan fingerprint density at radius 1 is 1.37 bits per heavy atom. The highest BCUT2D eigenvalue weighted by Crippen LogP contribution is 2.17. The Morgan fingerprint density at radius 2 is 2.21 bits per heavy atom. The van der Waals surface area contributed by atoms with E-state index in [4.69, 9.17) is 0 Å². The SMILES string of the molecule is O=C(NCC1CCc2nccn2C1)c1ccncc1. The van der Waals surface area contributed by atoms with Gasteiger partial charge in [-0.3, -0.25) is 9.78 Å². The zero-order chi connectivity index (χ0) is 13.1. The van der Waals surface area contributed by atoms with E-state index in [0.29, 0.717) is 18.0 Å². The number of carbonyl (C=O) groups is 1. The number of imidazole rings is 1. The number of aromatic nitrogens is 3. The van der Waals surface area contributed by atoms with Crippen LogP contribution in [0, 0.1) is 5.92 Å². The third kappa shape index (κ3) is 2.65. The third-order valence-electron chi connectivity index (χ3n) is 3.53. The predicted octanol–water partition coefficient (Wildman–Crippen LogP) is 1.27. The summed E-state index contributed by atoms with van der Waals surface area (Å²) in [5.74, 6) is 1.60. The molecule has 0 aromatic carbocycles. The van der Waals surface area contributed by atoms with Crippen LogP contribution in [-0.2, 0) is 13.0 Å². The highest BCUT2D eigenvalue weighted by Gasteiger charge is 2.19. The molecule has 1 atom stereocenters. The predicted molar refractivity (Wildman–Crippen MR) is 70.6 cm³/mol. The molecule has 1 N–H and O–H groups in total. The second kappa shape index (κ2) is 5.22. The lowest BCUT2D eigenvalue weighted by molar-refractivity contribution is 0.0943. The molecule has 0 spiro atoms. The number of hydrogen-bond acceptors (Lipinski definition) is 3. The quantitative estimate of drug-likeness (QED) is 0.899. The number of fused-ring (bicyclic) bond motifs is 1. The van der Waals surface area contributed by atoms with E-state index in [2.05, 4.69) is 19.9 Å². The van der Waals surface area contributed by atoms with Crippen molar-refractivity contribution in [1.29, 1.82) is 0 Å². The molecule has 0 saturated heterocycles. The van der Waals surface area contributed by atoms with Gasteiger partial charge in [-0.25, -0.2) is 4.98 Å². The first-order chi connectivity index (χ1) is 9.33. The van der Waals surface area contributed by atoms with Crippen molar-refractivity contribution in [2.24, 2.45) is 5.92 Å². The molecule has 3 heterocycles. The monoisotopic (exact) mass is 256 g/mol. The first kappa shape index (κ1) is 11.9. The topological polar surface area (TPSA) is 59.8 Å². The Bertz CT molecular complexity index is 564.